The summed E-state index contributed by atoms with van der Waals surface area (Å²) in [5.41, 5.74) is 0. The Morgan fingerprint density at radius 3 is 2.55 bits per heavy atom. The molecular weight excluding hydrogens is 144 g/mol. The minimum Gasteiger partial charge on any atom is -0.499 e. The second kappa shape index (κ2) is 4.93. The molecule has 0 radical (unpaired) electrons. The molecule has 0 aromatic rings. The van der Waals surface area contributed by atoms with Crippen molar-refractivity contribution in [2.45, 2.75) is 12.7 Å². The van der Waals surface area contributed by atoms with E-state index in [1.165, 1.54) is 19.3 Å². The fourth-order valence-corrected chi connectivity index (χ4v) is 0.439. The Bertz CT molecular complexity index is 129. The van der Waals surface area contributed by atoms with Gasteiger partial charge in [0.2, 0.25) is 0 Å². The Morgan fingerprint density at radius 2 is 2.09 bits per heavy atom. The topological polar surface area (TPSA) is 38.7 Å². The van der Waals surface area contributed by atoms with E-state index in [4.69, 9.17) is 9.47 Å². The Balaban J connectivity index is 3.37. The van der Waals surface area contributed by atoms with Gasteiger partial charge in [-0.2, -0.15) is 0 Å². The van der Waals surface area contributed by atoms with E-state index in [-0.39, 0.29) is 0 Å². The number of hydrogen-bond acceptors (Lipinski definition) is 3. The standard InChI is InChI=1S/C8H14O3/c1-4-8(3,9)11-7-6-10-5-2/h4-5,9H,1-2,6-7H2,3H3. The van der Waals surface area contributed by atoms with E-state index in [9.17, 15) is 5.11 Å². The zero-order valence-corrected chi connectivity index (χ0v) is 6.75. The van der Waals surface area contributed by atoms with Crippen LogP contribution in [0.1, 0.15) is 6.92 Å². The van der Waals surface area contributed by atoms with Crippen molar-refractivity contribution in [2.24, 2.45) is 0 Å². The monoisotopic (exact) mass is 158 g/mol. The first-order valence-electron chi connectivity index (χ1n) is 3.35. The lowest BCUT2D eigenvalue weighted by molar-refractivity contribution is -0.158. The van der Waals surface area contributed by atoms with Gasteiger partial charge in [-0.1, -0.05) is 13.2 Å². The molecule has 3 heteroatoms. The lowest BCUT2D eigenvalue weighted by atomic mass is 10.3. The van der Waals surface area contributed by atoms with Gasteiger partial charge in [0.05, 0.1) is 12.9 Å². The molecule has 1 N–H and O–H groups in total. The average molecular weight is 158 g/mol. The summed E-state index contributed by atoms with van der Waals surface area (Å²) in [4.78, 5) is 0. The van der Waals surface area contributed by atoms with E-state index in [0.29, 0.717) is 13.2 Å². The summed E-state index contributed by atoms with van der Waals surface area (Å²) >= 11 is 0. The van der Waals surface area contributed by atoms with Gasteiger partial charge in [0, 0.05) is 0 Å². The van der Waals surface area contributed by atoms with Crippen molar-refractivity contribution in [3.63, 3.8) is 0 Å². The highest BCUT2D eigenvalue weighted by Gasteiger charge is 2.14. The van der Waals surface area contributed by atoms with Crippen LogP contribution in [0.2, 0.25) is 0 Å². The fourth-order valence-electron chi connectivity index (χ4n) is 0.439. The molecule has 1 atom stereocenters. The Hall–Kier alpha value is -0.800. The van der Waals surface area contributed by atoms with Crippen LogP contribution in [-0.4, -0.2) is 24.1 Å². The Morgan fingerprint density at radius 1 is 1.45 bits per heavy atom. The third kappa shape index (κ3) is 5.63. The van der Waals surface area contributed by atoms with Gasteiger partial charge in [-0.05, 0) is 13.0 Å². The van der Waals surface area contributed by atoms with Crippen LogP contribution < -0.4 is 0 Å². The first-order valence-corrected chi connectivity index (χ1v) is 3.35. The minimum atomic E-state index is -1.26. The van der Waals surface area contributed by atoms with Crippen molar-refractivity contribution < 1.29 is 14.6 Å². The van der Waals surface area contributed by atoms with Gasteiger partial charge in [-0.3, -0.25) is 0 Å². The first-order chi connectivity index (χ1) is 5.12. The molecule has 0 saturated carbocycles. The van der Waals surface area contributed by atoms with Gasteiger partial charge < -0.3 is 14.6 Å². The second-order valence-electron chi connectivity index (χ2n) is 2.14. The summed E-state index contributed by atoms with van der Waals surface area (Å²) < 4.78 is 9.71. The zero-order valence-electron chi connectivity index (χ0n) is 6.75. The number of hydrogen-bond donors (Lipinski definition) is 1. The van der Waals surface area contributed by atoms with E-state index in [1.807, 2.05) is 0 Å². The molecule has 0 aliphatic carbocycles. The van der Waals surface area contributed by atoms with Crippen LogP contribution >= 0.6 is 0 Å². The maximum Gasteiger partial charge on any atom is 0.182 e. The lowest BCUT2D eigenvalue weighted by Gasteiger charge is -2.18. The summed E-state index contributed by atoms with van der Waals surface area (Å²) in [5.74, 6) is -1.26. The van der Waals surface area contributed by atoms with Crippen molar-refractivity contribution in [3.8, 4) is 0 Å². The van der Waals surface area contributed by atoms with E-state index < -0.39 is 5.79 Å². The Labute approximate surface area is 66.9 Å². The van der Waals surface area contributed by atoms with Crippen LogP contribution in [0.4, 0.5) is 0 Å². The highest BCUT2D eigenvalue weighted by molar-refractivity contribution is 4.82. The molecule has 0 saturated heterocycles. The van der Waals surface area contributed by atoms with Crippen LogP contribution in [0.3, 0.4) is 0 Å². The van der Waals surface area contributed by atoms with Gasteiger partial charge in [0.1, 0.15) is 6.61 Å². The summed E-state index contributed by atoms with van der Waals surface area (Å²) in [6.07, 6.45) is 2.65. The summed E-state index contributed by atoms with van der Waals surface area (Å²) in [5, 5.41) is 9.20. The van der Waals surface area contributed by atoms with Crippen LogP contribution in [0.5, 0.6) is 0 Å². The van der Waals surface area contributed by atoms with E-state index in [0.717, 1.165) is 0 Å². The van der Waals surface area contributed by atoms with Gasteiger partial charge in [0.15, 0.2) is 5.79 Å². The maximum absolute atomic E-state index is 9.20. The summed E-state index contributed by atoms with van der Waals surface area (Å²) in [6.45, 7) is 8.95. The first kappa shape index (κ1) is 10.2. The molecule has 0 rings (SSSR count). The number of rotatable bonds is 6. The molecule has 1 unspecified atom stereocenters. The number of ether oxygens (including phenoxy) is 2. The largest absolute Gasteiger partial charge is 0.499 e. The predicted molar refractivity (Wildman–Crippen MR) is 42.9 cm³/mol. The van der Waals surface area contributed by atoms with Crippen molar-refractivity contribution in [1.82, 2.24) is 0 Å². The third-order valence-corrected chi connectivity index (χ3v) is 1.09. The smallest absolute Gasteiger partial charge is 0.182 e. The predicted octanol–water partition coefficient (Wildman–Crippen LogP) is 1.06. The van der Waals surface area contributed by atoms with Crippen molar-refractivity contribution in [3.05, 3.63) is 25.5 Å². The molecule has 0 aliphatic rings. The second-order valence-corrected chi connectivity index (χ2v) is 2.14. The average Bonchev–Trinajstić information content (AvgIpc) is 1.99. The quantitative estimate of drug-likeness (QED) is 0.272. The molecule has 0 aromatic carbocycles. The molecule has 0 amide bonds. The SMILES string of the molecule is C=COCCOC(C)(O)C=C. The van der Waals surface area contributed by atoms with Crippen molar-refractivity contribution in [1.29, 1.82) is 0 Å². The summed E-state index contributed by atoms with van der Waals surface area (Å²) in [6, 6.07) is 0. The van der Waals surface area contributed by atoms with Crippen LogP contribution in [0.25, 0.3) is 0 Å². The molecule has 0 bridgehead atoms. The Kier molecular flexibility index (Phi) is 4.57. The molecular formula is C8H14O3. The maximum atomic E-state index is 9.20. The van der Waals surface area contributed by atoms with Crippen molar-refractivity contribution >= 4 is 0 Å². The third-order valence-electron chi connectivity index (χ3n) is 1.09. The molecule has 64 valence electrons. The minimum absolute atomic E-state index is 0.311. The normalized spacial score (nSPS) is 15.1. The van der Waals surface area contributed by atoms with Gasteiger partial charge >= 0.3 is 0 Å². The lowest BCUT2D eigenvalue weighted by Crippen LogP contribution is -2.26. The summed E-state index contributed by atoms with van der Waals surface area (Å²) in [7, 11) is 0. The zero-order chi connectivity index (χ0) is 8.74. The molecule has 11 heavy (non-hydrogen) atoms. The molecule has 0 aromatic heterocycles. The van der Waals surface area contributed by atoms with Crippen LogP contribution in [0.15, 0.2) is 25.5 Å². The number of aliphatic hydroxyl groups is 1. The van der Waals surface area contributed by atoms with Crippen LogP contribution in [0, 0.1) is 0 Å². The van der Waals surface area contributed by atoms with Crippen molar-refractivity contribution in [2.75, 3.05) is 13.2 Å². The highest BCUT2D eigenvalue weighted by Crippen LogP contribution is 2.05. The molecule has 0 fully saturated rings. The fraction of sp³-hybridized carbons (Fsp3) is 0.500. The van der Waals surface area contributed by atoms with Gasteiger partial charge in [-0.15, -0.1) is 0 Å². The van der Waals surface area contributed by atoms with Crippen LogP contribution in [-0.2, 0) is 9.47 Å². The van der Waals surface area contributed by atoms with Gasteiger partial charge in [-0.25, -0.2) is 0 Å². The highest BCUT2D eigenvalue weighted by atomic mass is 16.6. The molecule has 3 nitrogen and oxygen atoms in total. The van der Waals surface area contributed by atoms with E-state index in [2.05, 4.69) is 13.2 Å². The molecule has 0 aliphatic heterocycles. The molecule has 0 heterocycles. The van der Waals surface area contributed by atoms with E-state index >= 15 is 0 Å². The van der Waals surface area contributed by atoms with Gasteiger partial charge in [0.25, 0.3) is 0 Å². The van der Waals surface area contributed by atoms with E-state index in [1.54, 1.807) is 0 Å². The molecule has 0 spiro atoms.